The SMILES string of the molecule is CN(CCC(=O)NN)C(O)C[C@H]1O[C@@H](n2cnc3c(N)ncnc32)[C@H](O)[C@@H]1O. The number of carbonyl (C=O) groups is 1. The molecule has 0 bridgehead atoms. The number of nitrogens with one attached hydrogen (secondary N) is 1. The van der Waals surface area contributed by atoms with E-state index in [1.54, 1.807) is 7.05 Å². The molecule has 2 aromatic rings. The van der Waals surface area contributed by atoms with Crippen molar-refractivity contribution >= 4 is 22.9 Å². The normalized spacial score (nSPS) is 26.1. The molecule has 1 amide bonds. The van der Waals surface area contributed by atoms with Gasteiger partial charge in [0, 0.05) is 19.4 Å². The van der Waals surface area contributed by atoms with Crippen molar-refractivity contribution in [3.63, 3.8) is 0 Å². The van der Waals surface area contributed by atoms with Crippen LogP contribution >= 0.6 is 0 Å². The zero-order valence-corrected chi connectivity index (χ0v) is 15.2. The number of hydrogen-bond donors (Lipinski definition) is 6. The van der Waals surface area contributed by atoms with E-state index in [1.807, 2.05) is 5.43 Å². The van der Waals surface area contributed by atoms with Gasteiger partial charge in [-0.1, -0.05) is 0 Å². The molecule has 2 aromatic heterocycles. The predicted molar refractivity (Wildman–Crippen MR) is 95.9 cm³/mol. The summed E-state index contributed by atoms with van der Waals surface area (Å²) in [6.45, 7) is 0.251. The lowest BCUT2D eigenvalue weighted by atomic mass is 10.1. The first-order valence-electron chi connectivity index (χ1n) is 8.65. The van der Waals surface area contributed by atoms with Crippen LogP contribution in [0.3, 0.4) is 0 Å². The molecular weight excluding hydrogens is 372 g/mol. The molecule has 0 saturated carbocycles. The van der Waals surface area contributed by atoms with Crippen molar-refractivity contribution in [1.29, 1.82) is 0 Å². The van der Waals surface area contributed by atoms with E-state index in [1.165, 1.54) is 22.1 Å². The predicted octanol–water partition coefficient (Wildman–Crippen LogP) is -2.95. The number of anilines is 1. The van der Waals surface area contributed by atoms with Crippen LogP contribution in [0.4, 0.5) is 5.82 Å². The van der Waals surface area contributed by atoms with Gasteiger partial charge in [-0.05, 0) is 7.05 Å². The van der Waals surface area contributed by atoms with E-state index < -0.39 is 30.8 Å². The fraction of sp³-hybridized carbons (Fsp3) is 0.600. The standard InChI is InChI=1S/C15H24N8O5/c1-22(3-2-8(24)21-17)9(25)4-7-11(26)12(27)15(28-7)23-6-20-10-13(16)18-5-19-14(10)23/h5-7,9,11-12,15,25-27H,2-4,17H2,1H3,(H,21,24)(H2,16,18,19)/t7-,9?,11-,12-,15-/m1/s1. The Morgan fingerprint density at radius 2 is 2.14 bits per heavy atom. The van der Waals surface area contributed by atoms with E-state index in [0.29, 0.717) is 11.2 Å². The topological polar surface area (TPSA) is 198 Å². The molecule has 1 aliphatic rings. The second-order valence-corrected chi connectivity index (χ2v) is 6.64. The van der Waals surface area contributed by atoms with Crippen LogP contribution in [0.5, 0.6) is 0 Å². The number of nitrogen functional groups attached to an aromatic ring is 1. The minimum absolute atomic E-state index is 0.0131. The molecule has 13 nitrogen and oxygen atoms in total. The van der Waals surface area contributed by atoms with Gasteiger partial charge in [-0.2, -0.15) is 0 Å². The Kier molecular flexibility index (Phi) is 6.02. The lowest BCUT2D eigenvalue weighted by Crippen LogP contribution is -2.41. The summed E-state index contributed by atoms with van der Waals surface area (Å²) < 4.78 is 7.24. The monoisotopic (exact) mass is 396 g/mol. The van der Waals surface area contributed by atoms with Gasteiger partial charge in [0.2, 0.25) is 5.91 Å². The molecule has 0 aromatic carbocycles. The number of carbonyl (C=O) groups excluding carboxylic acids is 1. The first-order chi connectivity index (χ1) is 13.3. The van der Waals surface area contributed by atoms with Gasteiger partial charge in [-0.3, -0.25) is 19.7 Å². The van der Waals surface area contributed by atoms with Crippen LogP contribution in [0.2, 0.25) is 0 Å². The number of nitrogens with two attached hydrogens (primary N) is 2. The third kappa shape index (κ3) is 3.89. The van der Waals surface area contributed by atoms with Gasteiger partial charge < -0.3 is 25.8 Å². The van der Waals surface area contributed by atoms with Gasteiger partial charge >= 0.3 is 0 Å². The van der Waals surface area contributed by atoms with Crippen molar-refractivity contribution in [1.82, 2.24) is 29.8 Å². The summed E-state index contributed by atoms with van der Waals surface area (Å²) in [5.74, 6) is 4.85. The molecule has 0 radical (unpaired) electrons. The Labute approximate surface area is 159 Å². The van der Waals surface area contributed by atoms with E-state index in [9.17, 15) is 20.1 Å². The molecule has 1 unspecified atom stereocenters. The number of aromatic nitrogens is 4. The molecule has 1 saturated heterocycles. The van der Waals surface area contributed by atoms with Crippen LogP contribution in [-0.4, -0.2) is 83.8 Å². The van der Waals surface area contributed by atoms with Crippen molar-refractivity contribution in [2.75, 3.05) is 19.3 Å². The fourth-order valence-corrected chi connectivity index (χ4v) is 3.10. The summed E-state index contributed by atoms with van der Waals surface area (Å²) in [4.78, 5) is 24.8. The average Bonchev–Trinajstić information content (AvgIpc) is 3.23. The average molecular weight is 396 g/mol. The van der Waals surface area contributed by atoms with Crippen molar-refractivity contribution in [3.8, 4) is 0 Å². The van der Waals surface area contributed by atoms with Crippen LogP contribution in [-0.2, 0) is 9.53 Å². The zero-order valence-electron chi connectivity index (χ0n) is 15.2. The highest BCUT2D eigenvalue weighted by Gasteiger charge is 2.45. The molecule has 3 heterocycles. The van der Waals surface area contributed by atoms with E-state index in [0.717, 1.165) is 0 Å². The maximum Gasteiger partial charge on any atom is 0.235 e. The van der Waals surface area contributed by atoms with Crippen LogP contribution in [0.1, 0.15) is 19.1 Å². The van der Waals surface area contributed by atoms with Gasteiger partial charge in [0.05, 0.1) is 12.4 Å². The number of aliphatic hydroxyl groups excluding tert-OH is 3. The summed E-state index contributed by atoms with van der Waals surface area (Å²) >= 11 is 0. The lowest BCUT2D eigenvalue weighted by molar-refractivity contribution is -0.122. The Balaban J connectivity index is 1.68. The van der Waals surface area contributed by atoms with Crippen LogP contribution in [0.15, 0.2) is 12.7 Å². The number of hydrazine groups is 1. The molecule has 0 spiro atoms. The number of rotatable bonds is 7. The minimum Gasteiger partial charge on any atom is -0.388 e. The molecule has 8 N–H and O–H groups in total. The molecule has 3 rings (SSSR count). The van der Waals surface area contributed by atoms with E-state index in [-0.39, 0.29) is 31.1 Å². The maximum atomic E-state index is 11.2. The summed E-state index contributed by atoms with van der Waals surface area (Å²) in [6, 6.07) is 0. The maximum absolute atomic E-state index is 11.2. The Hall–Kier alpha value is -2.42. The Bertz CT molecular complexity index is 832. The van der Waals surface area contributed by atoms with E-state index in [4.69, 9.17) is 16.3 Å². The number of amides is 1. The van der Waals surface area contributed by atoms with Gasteiger partial charge in [0.25, 0.3) is 0 Å². The van der Waals surface area contributed by atoms with Gasteiger partial charge in [-0.15, -0.1) is 0 Å². The van der Waals surface area contributed by atoms with Gasteiger partial charge in [-0.25, -0.2) is 20.8 Å². The third-order valence-electron chi connectivity index (χ3n) is 4.80. The van der Waals surface area contributed by atoms with E-state index in [2.05, 4.69) is 15.0 Å². The molecule has 1 fully saturated rings. The van der Waals surface area contributed by atoms with E-state index >= 15 is 0 Å². The van der Waals surface area contributed by atoms with Crippen molar-refractivity contribution in [2.45, 2.75) is 43.6 Å². The van der Waals surface area contributed by atoms with Gasteiger partial charge in [0.1, 0.15) is 30.3 Å². The largest absolute Gasteiger partial charge is 0.388 e. The number of fused-ring (bicyclic) bond motifs is 1. The minimum atomic E-state index is -1.26. The molecule has 5 atom stereocenters. The van der Waals surface area contributed by atoms with Crippen molar-refractivity contribution < 1.29 is 24.9 Å². The smallest absolute Gasteiger partial charge is 0.235 e. The van der Waals surface area contributed by atoms with Crippen LogP contribution in [0, 0.1) is 0 Å². The zero-order chi connectivity index (χ0) is 20.4. The second kappa shape index (κ2) is 8.30. The summed E-state index contributed by atoms with van der Waals surface area (Å²) in [5, 5.41) is 31.1. The first kappa shape index (κ1) is 20.3. The fourth-order valence-electron chi connectivity index (χ4n) is 3.10. The van der Waals surface area contributed by atoms with Crippen LogP contribution in [0.25, 0.3) is 11.2 Å². The molecule has 13 heteroatoms. The van der Waals surface area contributed by atoms with Crippen molar-refractivity contribution in [2.24, 2.45) is 5.84 Å². The van der Waals surface area contributed by atoms with Crippen LogP contribution < -0.4 is 17.0 Å². The summed E-state index contributed by atoms with van der Waals surface area (Å²) in [5.41, 5.74) is 8.49. The number of aliphatic hydroxyl groups is 3. The quantitative estimate of drug-likeness (QED) is 0.121. The first-order valence-corrected chi connectivity index (χ1v) is 8.65. The molecule has 28 heavy (non-hydrogen) atoms. The second-order valence-electron chi connectivity index (χ2n) is 6.64. The van der Waals surface area contributed by atoms with Gasteiger partial charge in [0.15, 0.2) is 17.7 Å². The van der Waals surface area contributed by atoms with Crippen molar-refractivity contribution in [3.05, 3.63) is 12.7 Å². The number of nitrogens with zero attached hydrogens (tertiary/aromatic N) is 5. The summed E-state index contributed by atoms with van der Waals surface area (Å²) in [7, 11) is 1.62. The highest BCUT2D eigenvalue weighted by atomic mass is 16.6. The third-order valence-corrected chi connectivity index (χ3v) is 4.80. The number of hydrogen-bond acceptors (Lipinski definition) is 11. The molecule has 0 aliphatic carbocycles. The molecular formula is C15H24N8O5. The Morgan fingerprint density at radius 1 is 1.39 bits per heavy atom. The highest BCUT2D eigenvalue weighted by molar-refractivity contribution is 5.81. The summed E-state index contributed by atoms with van der Waals surface area (Å²) in [6.07, 6.45) is -2.54. The molecule has 154 valence electrons. The number of imidazole rings is 1. The Morgan fingerprint density at radius 3 is 2.86 bits per heavy atom. The lowest BCUT2D eigenvalue weighted by Gasteiger charge is -2.26. The number of ether oxygens (including phenoxy) is 1. The highest BCUT2D eigenvalue weighted by Crippen LogP contribution is 2.33. The molecule has 1 aliphatic heterocycles.